The van der Waals surface area contributed by atoms with Crippen LogP contribution < -0.4 is 5.73 Å². The van der Waals surface area contributed by atoms with E-state index in [1.54, 1.807) is 0 Å². The number of rotatable bonds is 5. The van der Waals surface area contributed by atoms with Gasteiger partial charge in [0.1, 0.15) is 0 Å². The average Bonchev–Trinajstić information content (AvgIpc) is 2.23. The molecule has 0 aliphatic carbocycles. The lowest BCUT2D eigenvalue weighted by atomic mass is 10.3. The topological polar surface area (TPSA) is 46.2 Å². The Morgan fingerprint density at radius 1 is 1.33 bits per heavy atom. The molecule has 3 N–H and O–H groups in total. The van der Waals surface area contributed by atoms with Crippen LogP contribution in [0, 0.1) is 11.6 Å². The van der Waals surface area contributed by atoms with E-state index >= 15 is 0 Å². The molecular weight excluding hydrogens is 220 g/mol. The summed E-state index contributed by atoms with van der Waals surface area (Å²) in [6.45, 7) is -0.0572. The Hall–Kier alpha value is -0.650. The van der Waals surface area contributed by atoms with Crippen LogP contribution >= 0.6 is 11.8 Å². The monoisotopic (exact) mass is 233 g/mol. The SMILES string of the molecule is NC(CO)CCSc1ccc(F)c(F)c1. The van der Waals surface area contributed by atoms with Gasteiger partial charge in [0.2, 0.25) is 0 Å². The summed E-state index contributed by atoms with van der Waals surface area (Å²) < 4.78 is 25.3. The predicted octanol–water partition coefficient (Wildman–Crippen LogP) is 1.77. The zero-order valence-electron chi connectivity index (χ0n) is 8.12. The van der Waals surface area contributed by atoms with Gasteiger partial charge < -0.3 is 10.8 Å². The molecule has 1 unspecified atom stereocenters. The van der Waals surface area contributed by atoms with Gasteiger partial charge in [0.15, 0.2) is 11.6 Å². The smallest absolute Gasteiger partial charge is 0.159 e. The van der Waals surface area contributed by atoms with E-state index in [0.29, 0.717) is 17.1 Å². The van der Waals surface area contributed by atoms with Crippen LogP contribution in [0.5, 0.6) is 0 Å². The third kappa shape index (κ3) is 4.15. The van der Waals surface area contributed by atoms with Crippen molar-refractivity contribution >= 4 is 11.8 Å². The molecule has 0 fully saturated rings. The van der Waals surface area contributed by atoms with Crippen LogP contribution in [0.4, 0.5) is 8.78 Å². The molecule has 0 radical (unpaired) electrons. The Morgan fingerprint density at radius 2 is 2.07 bits per heavy atom. The molecule has 0 aromatic heterocycles. The lowest BCUT2D eigenvalue weighted by Gasteiger charge is -2.07. The van der Waals surface area contributed by atoms with Gasteiger partial charge in [-0.2, -0.15) is 0 Å². The average molecular weight is 233 g/mol. The Morgan fingerprint density at radius 3 is 2.67 bits per heavy atom. The van der Waals surface area contributed by atoms with E-state index < -0.39 is 11.6 Å². The van der Waals surface area contributed by atoms with Crippen LogP contribution in [0.3, 0.4) is 0 Å². The van der Waals surface area contributed by atoms with Gasteiger partial charge in [-0.3, -0.25) is 0 Å². The van der Waals surface area contributed by atoms with Crippen LogP contribution in [-0.2, 0) is 0 Å². The molecule has 84 valence electrons. The molecule has 1 atom stereocenters. The first-order valence-electron chi connectivity index (χ1n) is 4.57. The lowest BCUT2D eigenvalue weighted by Crippen LogP contribution is -2.24. The first kappa shape index (κ1) is 12.4. The second-order valence-corrected chi connectivity index (χ2v) is 4.32. The van der Waals surface area contributed by atoms with Crippen LogP contribution in [-0.4, -0.2) is 23.5 Å². The molecule has 2 nitrogen and oxygen atoms in total. The largest absolute Gasteiger partial charge is 0.395 e. The number of hydrogen-bond acceptors (Lipinski definition) is 3. The summed E-state index contributed by atoms with van der Waals surface area (Å²) in [5.74, 6) is -1.01. The summed E-state index contributed by atoms with van der Waals surface area (Å²) >= 11 is 1.39. The first-order valence-corrected chi connectivity index (χ1v) is 5.56. The van der Waals surface area contributed by atoms with E-state index in [9.17, 15) is 8.78 Å². The summed E-state index contributed by atoms with van der Waals surface area (Å²) in [5.41, 5.74) is 5.49. The second kappa shape index (κ2) is 6.05. The molecule has 0 aliphatic rings. The fourth-order valence-corrected chi connectivity index (χ4v) is 1.99. The van der Waals surface area contributed by atoms with Crippen molar-refractivity contribution in [2.45, 2.75) is 17.4 Å². The molecule has 1 rings (SSSR count). The normalized spacial score (nSPS) is 12.8. The highest BCUT2D eigenvalue weighted by atomic mass is 32.2. The molecule has 1 aromatic rings. The molecule has 5 heteroatoms. The minimum absolute atomic E-state index is 0.0572. The molecule has 1 aromatic carbocycles. The van der Waals surface area contributed by atoms with Gasteiger partial charge in [0.25, 0.3) is 0 Å². The van der Waals surface area contributed by atoms with Crippen molar-refractivity contribution in [3.05, 3.63) is 29.8 Å². The van der Waals surface area contributed by atoms with Crippen molar-refractivity contribution in [3.8, 4) is 0 Å². The molecule has 0 bridgehead atoms. The minimum atomic E-state index is -0.841. The van der Waals surface area contributed by atoms with E-state index in [4.69, 9.17) is 10.8 Å². The van der Waals surface area contributed by atoms with Gasteiger partial charge in [-0.1, -0.05) is 0 Å². The summed E-state index contributed by atoms with van der Waals surface area (Å²) in [6.07, 6.45) is 0.639. The van der Waals surface area contributed by atoms with E-state index in [1.165, 1.54) is 17.8 Å². The zero-order valence-corrected chi connectivity index (χ0v) is 8.94. The highest BCUT2D eigenvalue weighted by molar-refractivity contribution is 7.99. The Balaban J connectivity index is 2.41. The van der Waals surface area contributed by atoms with Crippen LogP contribution in [0.1, 0.15) is 6.42 Å². The van der Waals surface area contributed by atoms with Crippen molar-refractivity contribution in [3.63, 3.8) is 0 Å². The summed E-state index contributed by atoms with van der Waals surface area (Å²) in [5, 5.41) is 8.67. The third-order valence-corrected chi connectivity index (χ3v) is 2.91. The Labute approximate surface area is 91.5 Å². The maximum absolute atomic E-state index is 12.8. The van der Waals surface area contributed by atoms with Crippen molar-refractivity contribution in [1.82, 2.24) is 0 Å². The minimum Gasteiger partial charge on any atom is -0.395 e. The van der Waals surface area contributed by atoms with Crippen LogP contribution in [0.2, 0.25) is 0 Å². The highest BCUT2D eigenvalue weighted by Gasteiger charge is 2.04. The number of nitrogens with two attached hydrogens (primary N) is 1. The number of thioether (sulfide) groups is 1. The fourth-order valence-electron chi connectivity index (χ4n) is 0.986. The van der Waals surface area contributed by atoms with Gasteiger partial charge in [0.05, 0.1) is 6.61 Å². The standard InChI is InChI=1S/C10H13F2NOS/c11-9-2-1-8(5-10(9)12)15-4-3-7(13)6-14/h1-2,5,7,14H,3-4,6,13H2. The summed E-state index contributed by atoms with van der Waals surface area (Å²) in [6, 6.07) is 3.53. The molecule has 0 spiro atoms. The number of benzene rings is 1. The molecule has 0 heterocycles. The Kier molecular flexibility index (Phi) is 5.01. The molecule has 0 saturated carbocycles. The fraction of sp³-hybridized carbons (Fsp3) is 0.400. The van der Waals surface area contributed by atoms with Gasteiger partial charge in [0, 0.05) is 10.9 Å². The maximum atomic E-state index is 12.8. The predicted molar refractivity (Wildman–Crippen MR) is 56.8 cm³/mol. The van der Waals surface area contributed by atoms with E-state index in [1.807, 2.05) is 0 Å². The van der Waals surface area contributed by atoms with E-state index in [-0.39, 0.29) is 12.6 Å². The van der Waals surface area contributed by atoms with Crippen LogP contribution in [0.15, 0.2) is 23.1 Å². The first-order chi connectivity index (χ1) is 7.13. The molecule has 0 saturated heterocycles. The van der Waals surface area contributed by atoms with Gasteiger partial charge in [-0.25, -0.2) is 8.78 Å². The number of hydrogen-bond donors (Lipinski definition) is 2. The highest BCUT2D eigenvalue weighted by Crippen LogP contribution is 2.21. The van der Waals surface area contributed by atoms with Crippen molar-refractivity contribution in [1.29, 1.82) is 0 Å². The number of halogens is 2. The van der Waals surface area contributed by atoms with Crippen molar-refractivity contribution < 1.29 is 13.9 Å². The molecular formula is C10H13F2NOS. The van der Waals surface area contributed by atoms with Gasteiger partial charge in [-0.15, -0.1) is 11.8 Å². The quantitative estimate of drug-likeness (QED) is 0.762. The molecule has 0 amide bonds. The van der Waals surface area contributed by atoms with Gasteiger partial charge >= 0.3 is 0 Å². The second-order valence-electron chi connectivity index (χ2n) is 3.16. The lowest BCUT2D eigenvalue weighted by molar-refractivity contribution is 0.264. The van der Waals surface area contributed by atoms with E-state index in [0.717, 1.165) is 12.1 Å². The maximum Gasteiger partial charge on any atom is 0.159 e. The number of aliphatic hydroxyl groups excluding tert-OH is 1. The molecule has 15 heavy (non-hydrogen) atoms. The van der Waals surface area contributed by atoms with E-state index in [2.05, 4.69) is 0 Å². The number of aliphatic hydroxyl groups is 1. The summed E-state index contributed by atoms with van der Waals surface area (Å²) in [7, 11) is 0. The van der Waals surface area contributed by atoms with Crippen molar-refractivity contribution in [2.75, 3.05) is 12.4 Å². The third-order valence-electron chi connectivity index (χ3n) is 1.88. The van der Waals surface area contributed by atoms with Gasteiger partial charge in [-0.05, 0) is 30.4 Å². The van der Waals surface area contributed by atoms with Crippen LogP contribution in [0.25, 0.3) is 0 Å². The zero-order chi connectivity index (χ0) is 11.3. The Bertz CT molecular complexity index is 322. The van der Waals surface area contributed by atoms with Crippen molar-refractivity contribution in [2.24, 2.45) is 5.73 Å². The molecule has 0 aliphatic heterocycles. The summed E-state index contributed by atoms with van der Waals surface area (Å²) in [4.78, 5) is 0.666.